The summed E-state index contributed by atoms with van der Waals surface area (Å²) >= 11 is 7.78. The highest BCUT2D eigenvalue weighted by atomic mass is 35.5. The molecule has 2 aromatic heterocycles. The third-order valence-electron chi connectivity index (χ3n) is 3.20. The number of aryl methyl sites for hydroxylation is 2. The van der Waals surface area contributed by atoms with Crippen molar-refractivity contribution in [3.8, 4) is 11.3 Å². The normalized spacial score (nSPS) is 11.2. The average Bonchev–Trinajstić information content (AvgIpc) is 2.88. The highest BCUT2D eigenvalue weighted by Crippen LogP contribution is 2.37. The third-order valence-corrected chi connectivity index (χ3v) is 4.42. The SMILES string of the molecule is CNc1nc(-c2c(C)[nH]c3ccc(Cl)cc23)c(C)s1. The fourth-order valence-electron chi connectivity index (χ4n) is 2.34. The van der Waals surface area contributed by atoms with E-state index in [1.165, 1.54) is 4.88 Å². The first-order chi connectivity index (χ1) is 9.10. The van der Waals surface area contributed by atoms with E-state index in [1.807, 2.05) is 25.2 Å². The molecule has 19 heavy (non-hydrogen) atoms. The van der Waals surface area contributed by atoms with E-state index in [9.17, 15) is 0 Å². The molecule has 0 fully saturated rings. The van der Waals surface area contributed by atoms with Crippen molar-refractivity contribution in [2.45, 2.75) is 13.8 Å². The number of halogens is 1. The summed E-state index contributed by atoms with van der Waals surface area (Å²) in [6, 6.07) is 5.90. The summed E-state index contributed by atoms with van der Waals surface area (Å²) in [5, 5.41) is 5.90. The lowest BCUT2D eigenvalue weighted by Crippen LogP contribution is -1.87. The zero-order valence-corrected chi connectivity index (χ0v) is 12.5. The Kier molecular flexibility index (Phi) is 2.99. The molecule has 0 aliphatic heterocycles. The van der Waals surface area contributed by atoms with Crippen LogP contribution in [0.3, 0.4) is 0 Å². The van der Waals surface area contributed by atoms with Crippen molar-refractivity contribution in [2.75, 3.05) is 12.4 Å². The summed E-state index contributed by atoms with van der Waals surface area (Å²) < 4.78 is 0. The lowest BCUT2D eigenvalue weighted by Gasteiger charge is -1.99. The summed E-state index contributed by atoms with van der Waals surface area (Å²) in [4.78, 5) is 9.25. The standard InChI is InChI=1S/C14H14ClN3S/c1-7-12(13-8(2)19-14(16-3)18-13)10-6-9(15)4-5-11(10)17-7/h4-6,17H,1-3H3,(H,16,18). The number of rotatable bonds is 2. The zero-order chi connectivity index (χ0) is 13.6. The first kappa shape index (κ1) is 12.5. The van der Waals surface area contributed by atoms with Crippen molar-refractivity contribution >= 4 is 39.0 Å². The zero-order valence-electron chi connectivity index (χ0n) is 11.0. The molecule has 0 spiro atoms. The number of aromatic nitrogens is 2. The van der Waals surface area contributed by atoms with Crippen LogP contribution >= 0.6 is 22.9 Å². The molecule has 0 saturated heterocycles. The van der Waals surface area contributed by atoms with Gasteiger partial charge in [-0.2, -0.15) is 0 Å². The molecule has 3 nitrogen and oxygen atoms in total. The topological polar surface area (TPSA) is 40.7 Å². The van der Waals surface area contributed by atoms with Gasteiger partial charge in [0.15, 0.2) is 5.13 Å². The van der Waals surface area contributed by atoms with Gasteiger partial charge in [-0.05, 0) is 32.0 Å². The number of hydrogen-bond donors (Lipinski definition) is 2. The molecular weight excluding hydrogens is 278 g/mol. The van der Waals surface area contributed by atoms with Crippen molar-refractivity contribution in [1.29, 1.82) is 0 Å². The smallest absolute Gasteiger partial charge is 0.183 e. The summed E-state index contributed by atoms with van der Waals surface area (Å²) in [6.07, 6.45) is 0. The van der Waals surface area contributed by atoms with Crippen molar-refractivity contribution < 1.29 is 0 Å². The Balaban J connectivity index is 2.31. The number of aromatic amines is 1. The lowest BCUT2D eigenvalue weighted by atomic mass is 10.1. The molecule has 1 aromatic carbocycles. The Bertz CT molecular complexity index is 757. The number of H-pyrrole nitrogens is 1. The molecule has 5 heteroatoms. The Morgan fingerprint density at radius 1 is 1.32 bits per heavy atom. The summed E-state index contributed by atoms with van der Waals surface area (Å²) in [5.74, 6) is 0. The largest absolute Gasteiger partial charge is 0.365 e. The number of nitrogens with zero attached hydrogens (tertiary/aromatic N) is 1. The second-order valence-electron chi connectivity index (χ2n) is 4.49. The van der Waals surface area contributed by atoms with E-state index >= 15 is 0 Å². The molecule has 98 valence electrons. The number of thiazole rings is 1. The number of anilines is 1. The van der Waals surface area contributed by atoms with Crippen molar-refractivity contribution in [1.82, 2.24) is 9.97 Å². The van der Waals surface area contributed by atoms with Crippen LogP contribution in [0, 0.1) is 13.8 Å². The summed E-state index contributed by atoms with van der Waals surface area (Å²) in [7, 11) is 1.89. The Hall–Kier alpha value is -1.52. The maximum atomic E-state index is 6.12. The second kappa shape index (κ2) is 4.54. The van der Waals surface area contributed by atoms with Crippen LogP contribution in [0.1, 0.15) is 10.6 Å². The van der Waals surface area contributed by atoms with Gasteiger partial charge in [-0.15, -0.1) is 11.3 Å². The molecule has 0 radical (unpaired) electrons. The van der Waals surface area contributed by atoms with E-state index in [0.717, 1.165) is 38.0 Å². The molecule has 2 heterocycles. The summed E-state index contributed by atoms with van der Waals surface area (Å²) in [5.41, 5.74) is 4.39. The maximum Gasteiger partial charge on any atom is 0.183 e. The first-order valence-corrected chi connectivity index (χ1v) is 7.23. The minimum atomic E-state index is 0.745. The number of hydrogen-bond acceptors (Lipinski definition) is 3. The van der Waals surface area contributed by atoms with E-state index in [4.69, 9.17) is 11.6 Å². The Morgan fingerprint density at radius 2 is 2.11 bits per heavy atom. The lowest BCUT2D eigenvalue weighted by molar-refractivity contribution is 1.27. The van der Waals surface area contributed by atoms with Crippen molar-refractivity contribution in [2.24, 2.45) is 0 Å². The fourth-order valence-corrected chi connectivity index (χ4v) is 3.28. The van der Waals surface area contributed by atoms with E-state index in [-0.39, 0.29) is 0 Å². The van der Waals surface area contributed by atoms with E-state index in [2.05, 4.69) is 29.1 Å². The van der Waals surface area contributed by atoms with Gasteiger partial charge < -0.3 is 10.3 Å². The minimum absolute atomic E-state index is 0.745. The highest BCUT2D eigenvalue weighted by Gasteiger charge is 2.16. The molecule has 2 N–H and O–H groups in total. The first-order valence-electron chi connectivity index (χ1n) is 6.03. The van der Waals surface area contributed by atoms with Gasteiger partial charge >= 0.3 is 0 Å². The van der Waals surface area contributed by atoms with E-state index in [0.29, 0.717) is 0 Å². The molecule has 0 bridgehead atoms. The van der Waals surface area contributed by atoms with Crippen LogP contribution in [0.15, 0.2) is 18.2 Å². The molecule has 0 aliphatic rings. The fraction of sp³-hybridized carbons (Fsp3) is 0.214. The van der Waals surface area contributed by atoms with Gasteiger partial charge in [-0.25, -0.2) is 4.98 Å². The molecule has 0 saturated carbocycles. The third kappa shape index (κ3) is 2.01. The van der Waals surface area contributed by atoms with Crippen LogP contribution in [-0.4, -0.2) is 17.0 Å². The molecule has 0 amide bonds. The predicted molar refractivity (Wildman–Crippen MR) is 83.4 cm³/mol. The molecule has 3 aromatic rings. The molecule has 0 unspecified atom stereocenters. The van der Waals surface area contributed by atoms with Crippen LogP contribution in [0.2, 0.25) is 5.02 Å². The van der Waals surface area contributed by atoms with E-state index < -0.39 is 0 Å². The second-order valence-corrected chi connectivity index (χ2v) is 6.13. The molecular formula is C14H14ClN3S. The molecule has 0 atom stereocenters. The van der Waals surface area contributed by atoms with Gasteiger partial charge in [0.2, 0.25) is 0 Å². The quantitative estimate of drug-likeness (QED) is 0.724. The van der Waals surface area contributed by atoms with Gasteiger partial charge in [-0.3, -0.25) is 0 Å². The Morgan fingerprint density at radius 3 is 2.79 bits per heavy atom. The molecule has 3 rings (SSSR count). The van der Waals surface area contributed by atoms with Crippen LogP contribution in [-0.2, 0) is 0 Å². The predicted octanol–water partition coefficient (Wildman–Crippen LogP) is 4.60. The van der Waals surface area contributed by atoms with Crippen LogP contribution in [0.5, 0.6) is 0 Å². The average molecular weight is 292 g/mol. The number of benzene rings is 1. The van der Waals surface area contributed by atoms with Gasteiger partial charge in [0.25, 0.3) is 0 Å². The molecule has 0 aliphatic carbocycles. The Labute approximate surface area is 120 Å². The van der Waals surface area contributed by atoms with Crippen LogP contribution in [0.25, 0.3) is 22.2 Å². The number of nitrogens with one attached hydrogen (secondary N) is 2. The highest BCUT2D eigenvalue weighted by molar-refractivity contribution is 7.16. The maximum absolute atomic E-state index is 6.12. The van der Waals surface area contributed by atoms with Crippen molar-refractivity contribution in [3.05, 3.63) is 33.8 Å². The summed E-state index contributed by atoms with van der Waals surface area (Å²) in [6.45, 7) is 4.16. The van der Waals surface area contributed by atoms with E-state index in [1.54, 1.807) is 11.3 Å². The number of fused-ring (bicyclic) bond motifs is 1. The van der Waals surface area contributed by atoms with Crippen molar-refractivity contribution in [3.63, 3.8) is 0 Å². The van der Waals surface area contributed by atoms with Crippen LogP contribution in [0.4, 0.5) is 5.13 Å². The van der Waals surface area contributed by atoms with Gasteiger partial charge in [0.1, 0.15) is 0 Å². The van der Waals surface area contributed by atoms with Gasteiger partial charge in [0.05, 0.1) is 5.69 Å². The monoisotopic (exact) mass is 291 g/mol. The van der Waals surface area contributed by atoms with Crippen LogP contribution < -0.4 is 5.32 Å². The van der Waals surface area contributed by atoms with Gasteiger partial charge in [-0.1, -0.05) is 11.6 Å². The minimum Gasteiger partial charge on any atom is -0.365 e. The van der Waals surface area contributed by atoms with Gasteiger partial charge in [0, 0.05) is 39.1 Å².